The number of hydrogen-bond donors (Lipinski definition) is 1. The van der Waals surface area contributed by atoms with Crippen LogP contribution in [-0.4, -0.2) is 24.9 Å². The molecule has 0 spiro atoms. The van der Waals surface area contributed by atoms with Crippen LogP contribution in [0.5, 0.6) is 0 Å². The summed E-state index contributed by atoms with van der Waals surface area (Å²) in [6.45, 7) is 0.294. The Morgan fingerprint density at radius 1 is 1.43 bits per heavy atom. The average Bonchev–Trinajstić information content (AvgIpc) is 2.13. The van der Waals surface area contributed by atoms with Crippen LogP contribution in [0.25, 0.3) is 0 Å². The highest BCUT2D eigenvalue weighted by molar-refractivity contribution is 6.42. The Kier molecular flexibility index (Phi) is 4.69. The van der Waals surface area contributed by atoms with E-state index in [4.69, 9.17) is 27.9 Å². The molecule has 1 unspecified atom stereocenters. The molecule has 1 atom stereocenters. The fourth-order valence-corrected chi connectivity index (χ4v) is 1.61. The zero-order valence-corrected chi connectivity index (χ0v) is 9.35. The van der Waals surface area contributed by atoms with Crippen molar-refractivity contribution in [3.8, 4) is 0 Å². The number of ether oxygens (including phenoxy) is 1. The Morgan fingerprint density at radius 2 is 2.14 bits per heavy atom. The molecule has 0 bridgehead atoms. The van der Waals surface area contributed by atoms with Crippen LogP contribution in [0.3, 0.4) is 0 Å². The quantitative estimate of drug-likeness (QED) is 0.868. The molecule has 0 aliphatic heterocycles. The van der Waals surface area contributed by atoms with Gasteiger partial charge in [0, 0.05) is 13.5 Å². The Balaban J connectivity index is 2.71. The zero-order valence-electron chi connectivity index (χ0n) is 7.84. The molecular formula is C10H12Cl2O2. The van der Waals surface area contributed by atoms with Gasteiger partial charge in [-0.05, 0) is 11.6 Å². The number of halogens is 2. The minimum absolute atomic E-state index is 0.294. The maximum Gasteiger partial charge on any atom is 0.0814 e. The molecule has 0 amide bonds. The van der Waals surface area contributed by atoms with Crippen molar-refractivity contribution in [3.05, 3.63) is 33.8 Å². The van der Waals surface area contributed by atoms with Crippen LogP contribution >= 0.6 is 23.2 Å². The molecule has 0 aliphatic rings. The first-order valence-electron chi connectivity index (χ1n) is 4.25. The van der Waals surface area contributed by atoms with E-state index in [0.29, 0.717) is 23.1 Å². The summed E-state index contributed by atoms with van der Waals surface area (Å²) in [4.78, 5) is 0. The Labute approximate surface area is 93.4 Å². The van der Waals surface area contributed by atoms with Crippen molar-refractivity contribution in [3.63, 3.8) is 0 Å². The number of rotatable bonds is 4. The minimum Gasteiger partial charge on any atom is -0.390 e. The third-order valence-electron chi connectivity index (χ3n) is 1.85. The second-order valence-electron chi connectivity index (χ2n) is 3.03. The predicted octanol–water partition coefficient (Wildman–Crippen LogP) is 2.54. The smallest absolute Gasteiger partial charge is 0.0814 e. The molecule has 0 saturated carbocycles. The van der Waals surface area contributed by atoms with Gasteiger partial charge in [-0.2, -0.15) is 0 Å². The number of methoxy groups -OCH3 is 1. The average molecular weight is 235 g/mol. The van der Waals surface area contributed by atoms with Crippen LogP contribution in [0, 0.1) is 0 Å². The molecule has 0 aliphatic carbocycles. The largest absolute Gasteiger partial charge is 0.390 e. The first-order chi connectivity index (χ1) is 6.65. The molecule has 78 valence electrons. The lowest BCUT2D eigenvalue weighted by Crippen LogP contribution is -2.17. The van der Waals surface area contributed by atoms with E-state index in [9.17, 15) is 5.11 Å². The van der Waals surface area contributed by atoms with Crippen LogP contribution < -0.4 is 0 Å². The molecule has 0 radical (unpaired) electrons. The molecule has 0 aromatic heterocycles. The summed E-state index contributed by atoms with van der Waals surface area (Å²) in [6, 6.07) is 5.37. The molecule has 1 aromatic carbocycles. The molecule has 1 rings (SSSR count). The molecule has 1 N–H and O–H groups in total. The van der Waals surface area contributed by atoms with Crippen LogP contribution in [-0.2, 0) is 11.2 Å². The van der Waals surface area contributed by atoms with Crippen molar-refractivity contribution in [2.45, 2.75) is 12.5 Å². The van der Waals surface area contributed by atoms with Crippen molar-refractivity contribution in [1.29, 1.82) is 0 Å². The Hall–Kier alpha value is -0.280. The van der Waals surface area contributed by atoms with E-state index in [1.165, 1.54) is 0 Å². The maximum atomic E-state index is 9.49. The van der Waals surface area contributed by atoms with Gasteiger partial charge in [0.2, 0.25) is 0 Å². The van der Waals surface area contributed by atoms with Crippen molar-refractivity contribution < 1.29 is 9.84 Å². The normalized spacial score (nSPS) is 12.9. The van der Waals surface area contributed by atoms with Crippen molar-refractivity contribution in [2.24, 2.45) is 0 Å². The first kappa shape index (κ1) is 11.8. The Bertz CT molecular complexity index is 302. The van der Waals surface area contributed by atoms with Crippen molar-refractivity contribution >= 4 is 23.2 Å². The number of aliphatic hydroxyl groups is 1. The van der Waals surface area contributed by atoms with Gasteiger partial charge in [-0.15, -0.1) is 0 Å². The van der Waals surface area contributed by atoms with Crippen LogP contribution in [0.4, 0.5) is 0 Å². The highest BCUT2D eigenvalue weighted by atomic mass is 35.5. The van der Waals surface area contributed by atoms with Gasteiger partial charge in [0.1, 0.15) is 0 Å². The van der Waals surface area contributed by atoms with Gasteiger partial charge in [-0.3, -0.25) is 0 Å². The van der Waals surface area contributed by atoms with E-state index in [-0.39, 0.29) is 0 Å². The van der Waals surface area contributed by atoms with E-state index in [1.807, 2.05) is 12.1 Å². The summed E-state index contributed by atoms with van der Waals surface area (Å²) in [7, 11) is 1.54. The summed E-state index contributed by atoms with van der Waals surface area (Å²) in [5.74, 6) is 0. The third kappa shape index (κ3) is 3.14. The summed E-state index contributed by atoms with van der Waals surface area (Å²) in [6.07, 6.45) is -0.0938. The topological polar surface area (TPSA) is 29.5 Å². The molecule has 0 saturated heterocycles. The molecule has 0 fully saturated rings. The monoisotopic (exact) mass is 234 g/mol. The second kappa shape index (κ2) is 5.56. The summed E-state index contributed by atoms with van der Waals surface area (Å²) in [5.41, 5.74) is 0.837. The van der Waals surface area contributed by atoms with Gasteiger partial charge in [-0.1, -0.05) is 35.3 Å². The highest BCUT2D eigenvalue weighted by Crippen LogP contribution is 2.26. The van der Waals surface area contributed by atoms with E-state index in [0.717, 1.165) is 5.56 Å². The standard InChI is InChI=1S/C10H12Cl2O2/c1-14-6-8(13)5-7-3-2-4-9(11)10(7)12/h2-4,8,13H,5-6H2,1H3. The molecule has 2 nitrogen and oxygen atoms in total. The van der Waals surface area contributed by atoms with E-state index in [2.05, 4.69) is 0 Å². The van der Waals surface area contributed by atoms with E-state index < -0.39 is 6.10 Å². The lowest BCUT2D eigenvalue weighted by Gasteiger charge is -2.10. The highest BCUT2D eigenvalue weighted by Gasteiger charge is 2.09. The van der Waals surface area contributed by atoms with Gasteiger partial charge in [-0.25, -0.2) is 0 Å². The fraction of sp³-hybridized carbons (Fsp3) is 0.400. The predicted molar refractivity (Wildman–Crippen MR) is 58.0 cm³/mol. The fourth-order valence-electron chi connectivity index (χ4n) is 1.21. The van der Waals surface area contributed by atoms with Gasteiger partial charge in [0.15, 0.2) is 0 Å². The molecular weight excluding hydrogens is 223 g/mol. The lowest BCUT2D eigenvalue weighted by molar-refractivity contribution is 0.0650. The van der Waals surface area contributed by atoms with Gasteiger partial charge in [0.05, 0.1) is 22.8 Å². The van der Waals surface area contributed by atoms with Crippen LogP contribution in [0.1, 0.15) is 5.56 Å². The Morgan fingerprint density at radius 3 is 2.79 bits per heavy atom. The number of aliphatic hydroxyl groups excluding tert-OH is 1. The lowest BCUT2D eigenvalue weighted by atomic mass is 10.1. The summed E-state index contributed by atoms with van der Waals surface area (Å²) in [5, 5.41) is 10.5. The maximum absolute atomic E-state index is 9.49. The summed E-state index contributed by atoms with van der Waals surface area (Å²) < 4.78 is 4.82. The third-order valence-corrected chi connectivity index (χ3v) is 2.70. The van der Waals surface area contributed by atoms with Gasteiger partial charge >= 0.3 is 0 Å². The van der Waals surface area contributed by atoms with E-state index >= 15 is 0 Å². The van der Waals surface area contributed by atoms with Crippen LogP contribution in [0.2, 0.25) is 10.0 Å². The molecule has 4 heteroatoms. The SMILES string of the molecule is COCC(O)Cc1cccc(Cl)c1Cl. The molecule has 1 aromatic rings. The molecule has 0 heterocycles. The van der Waals surface area contributed by atoms with Crippen LogP contribution in [0.15, 0.2) is 18.2 Å². The minimum atomic E-state index is -0.545. The summed E-state index contributed by atoms with van der Waals surface area (Å²) >= 11 is 11.8. The van der Waals surface area contributed by atoms with Crippen molar-refractivity contribution in [2.75, 3.05) is 13.7 Å². The first-order valence-corrected chi connectivity index (χ1v) is 5.00. The van der Waals surface area contributed by atoms with E-state index in [1.54, 1.807) is 13.2 Å². The number of hydrogen-bond acceptors (Lipinski definition) is 2. The van der Waals surface area contributed by atoms with Gasteiger partial charge < -0.3 is 9.84 Å². The molecule has 14 heavy (non-hydrogen) atoms. The van der Waals surface area contributed by atoms with Gasteiger partial charge in [0.25, 0.3) is 0 Å². The zero-order chi connectivity index (χ0) is 10.6. The number of benzene rings is 1. The van der Waals surface area contributed by atoms with Crippen molar-refractivity contribution in [1.82, 2.24) is 0 Å². The second-order valence-corrected chi connectivity index (χ2v) is 3.81.